The summed E-state index contributed by atoms with van der Waals surface area (Å²) >= 11 is 1.84. The van der Waals surface area contributed by atoms with Crippen molar-refractivity contribution in [1.29, 1.82) is 0 Å². The molecule has 2 aromatic heterocycles. The van der Waals surface area contributed by atoms with Gasteiger partial charge >= 0.3 is 0 Å². The van der Waals surface area contributed by atoms with E-state index in [0.717, 1.165) is 113 Å². The average Bonchev–Trinajstić information content (AvgIpc) is 3.86. The Kier molecular flexibility index (Phi) is 10.1. The van der Waals surface area contributed by atoms with E-state index in [1.807, 2.05) is 40.9 Å². The fourth-order valence-electron chi connectivity index (χ4n) is 9.78. The van der Waals surface area contributed by atoms with Crippen molar-refractivity contribution in [2.24, 2.45) is 0 Å². The molecule has 6 aliphatic rings. The summed E-state index contributed by atoms with van der Waals surface area (Å²) in [6.07, 6.45) is 8.85. The molecule has 14 nitrogen and oxygen atoms in total. The first-order valence-electron chi connectivity index (χ1n) is 21.0. The Morgan fingerprint density at radius 3 is 2.36 bits per heavy atom. The Morgan fingerprint density at radius 1 is 0.776 bits per heavy atom. The van der Waals surface area contributed by atoms with Gasteiger partial charge in [0.25, 0.3) is 11.5 Å². The zero-order valence-electron chi connectivity index (χ0n) is 32.7. The van der Waals surface area contributed by atoms with Crippen LogP contribution in [0.1, 0.15) is 73.3 Å². The number of piperazine rings is 1. The van der Waals surface area contributed by atoms with Crippen LogP contribution in [0.3, 0.4) is 0 Å². The van der Waals surface area contributed by atoms with E-state index in [1.165, 1.54) is 10.6 Å². The molecule has 1 saturated carbocycles. The number of nitrogens with zero attached hydrogens (tertiary/aromatic N) is 8. The highest BCUT2D eigenvalue weighted by Gasteiger charge is 2.40. The van der Waals surface area contributed by atoms with Gasteiger partial charge in [-0.1, -0.05) is 18.9 Å². The van der Waals surface area contributed by atoms with Gasteiger partial charge in [0.2, 0.25) is 17.8 Å². The van der Waals surface area contributed by atoms with E-state index in [1.54, 1.807) is 11.0 Å². The number of hydrogen-bond acceptors (Lipinski definition) is 12. The maximum Gasteiger partial charge on any atom is 0.255 e. The first-order valence-corrected chi connectivity index (χ1v) is 21.8. The van der Waals surface area contributed by atoms with Gasteiger partial charge in [0.05, 0.1) is 0 Å². The van der Waals surface area contributed by atoms with Crippen LogP contribution in [0.2, 0.25) is 0 Å². The average molecular weight is 803 g/mol. The number of fused-ring (bicyclic) bond motifs is 2. The second kappa shape index (κ2) is 15.6. The van der Waals surface area contributed by atoms with Gasteiger partial charge in [0.1, 0.15) is 11.7 Å². The lowest BCUT2D eigenvalue weighted by Gasteiger charge is -2.49. The highest BCUT2D eigenvalue weighted by atomic mass is 32.2. The minimum Gasteiger partial charge on any atom is -0.369 e. The van der Waals surface area contributed by atoms with Crippen molar-refractivity contribution in [2.45, 2.75) is 87.0 Å². The largest absolute Gasteiger partial charge is 0.369 e. The van der Waals surface area contributed by atoms with E-state index < -0.39 is 6.04 Å². The van der Waals surface area contributed by atoms with E-state index in [-0.39, 0.29) is 41.8 Å². The van der Waals surface area contributed by atoms with Gasteiger partial charge in [-0.25, -0.2) is 9.29 Å². The number of benzene rings is 2. The lowest BCUT2D eigenvalue weighted by Crippen LogP contribution is -2.63. The molecule has 5 aliphatic heterocycles. The fraction of sp³-hybridized carbons (Fsp3) is 0.488. The third kappa shape index (κ3) is 7.32. The Labute approximate surface area is 342 Å². The number of piperidine rings is 2. The van der Waals surface area contributed by atoms with Crippen molar-refractivity contribution in [1.82, 2.24) is 34.0 Å². The SMILES string of the molecule is O=C1CCC(N2Cc3cc(N4CCN(C5CN(c6cccc(SN7CCC(Nc8ncc9ccc(=O)n(C%10CCCC%10)c9n8)CC7)c6)C5)CC4)ccc3C2=O)C(=O)N1. The van der Waals surface area contributed by atoms with Gasteiger partial charge in [0, 0.05) is 123 Å². The summed E-state index contributed by atoms with van der Waals surface area (Å²) in [6, 6.07) is 18.9. The molecule has 7 heterocycles. The summed E-state index contributed by atoms with van der Waals surface area (Å²) in [4.78, 5) is 70.0. The van der Waals surface area contributed by atoms with E-state index in [0.29, 0.717) is 30.5 Å². The molecule has 0 bridgehead atoms. The summed E-state index contributed by atoms with van der Waals surface area (Å²) in [6.45, 7) is 8.22. The zero-order chi connectivity index (χ0) is 39.3. The summed E-state index contributed by atoms with van der Waals surface area (Å²) in [7, 11) is 0. The van der Waals surface area contributed by atoms with Crippen LogP contribution in [0, 0.1) is 0 Å². The highest BCUT2D eigenvalue weighted by molar-refractivity contribution is 7.97. The molecule has 1 atom stereocenters. The van der Waals surface area contributed by atoms with Crippen LogP contribution in [0.25, 0.3) is 11.0 Å². The van der Waals surface area contributed by atoms with Gasteiger partial charge in [-0.15, -0.1) is 0 Å². The maximum atomic E-state index is 13.2. The Balaban J connectivity index is 0.683. The van der Waals surface area contributed by atoms with Crippen molar-refractivity contribution in [3.8, 4) is 0 Å². The lowest BCUT2D eigenvalue weighted by molar-refractivity contribution is -0.136. The Hall–Kier alpha value is -4.99. The minimum absolute atomic E-state index is 0.0278. The van der Waals surface area contributed by atoms with Gasteiger partial charge in [-0.05, 0) is 92.1 Å². The third-order valence-electron chi connectivity index (χ3n) is 13.1. The van der Waals surface area contributed by atoms with Crippen LogP contribution in [0.15, 0.2) is 70.5 Å². The summed E-state index contributed by atoms with van der Waals surface area (Å²) in [5.74, 6) is -0.168. The summed E-state index contributed by atoms with van der Waals surface area (Å²) in [5, 5.41) is 6.88. The molecule has 302 valence electrons. The molecular weight excluding hydrogens is 753 g/mol. The van der Waals surface area contributed by atoms with Crippen molar-refractivity contribution in [2.75, 3.05) is 67.5 Å². The first-order chi connectivity index (χ1) is 28.3. The summed E-state index contributed by atoms with van der Waals surface area (Å²) in [5.41, 5.74) is 4.78. The first kappa shape index (κ1) is 37.3. The summed E-state index contributed by atoms with van der Waals surface area (Å²) < 4.78 is 4.36. The van der Waals surface area contributed by atoms with Crippen molar-refractivity contribution >= 4 is 58.0 Å². The van der Waals surface area contributed by atoms with Gasteiger partial charge in [-0.3, -0.25) is 34.0 Å². The molecule has 3 amide bonds. The number of nitrogens with one attached hydrogen (secondary N) is 2. The van der Waals surface area contributed by atoms with Crippen molar-refractivity contribution in [3.05, 3.63) is 82.3 Å². The van der Waals surface area contributed by atoms with E-state index >= 15 is 0 Å². The second-order valence-electron chi connectivity index (χ2n) is 16.7. The number of pyridine rings is 1. The monoisotopic (exact) mass is 802 g/mol. The van der Waals surface area contributed by atoms with Crippen LogP contribution < -0.4 is 26.0 Å². The number of aromatic nitrogens is 3. The normalized spacial score (nSPS) is 22.8. The molecule has 58 heavy (non-hydrogen) atoms. The minimum atomic E-state index is -0.594. The second-order valence-corrected chi connectivity index (χ2v) is 17.9. The van der Waals surface area contributed by atoms with E-state index in [2.05, 4.69) is 65.0 Å². The van der Waals surface area contributed by atoms with E-state index in [9.17, 15) is 19.2 Å². The molecule has 5 fully saturated rings. The number of anilines is 3. The van der Waals surface area contributed by atoms with Gasteiger partial charge in [0.15, 0.2) is 0 Å². The molecule has 0 spiro atoms. The molecule has 4 aromatic rings. The molecule has 2 aromatic carbocycles. The molecule has 1 aliphatic carbocycles. The molecular formula is C43H50N10O4S. The maximum absolute atomic E-state index is 13.2. The van der Waals surface area contributed by atoms with Crippen LogP contribution >= 0.6 is 11.9 Å². The van der Waals surface area contributed by atoms with Crippen LogP contribution in [0.5, 0.6) is 0 Å². The van der Waals surface area contributed by atoms with Crippen molar-refractivity contribution in [3.63, 3.8) is 0 Å². The number of imide groups is 1. The lowest BCUT2D eigenvalue weighted by atomic mass is 10.0. The Bertz CT molecular complexity index is 2290. The molecule has 15 heteroatoms. The number of carbonyl (C=O) groups excluding carboxylic acids is 3. The topological polar surface area (TPSA) is 139 Å². The molecule has 1 unspecified atom stereocenters. The van der Waals surface area contributed by atoms with Gasteiger partial charge < -0.3 is 20.0 Å². The zero-order valence-corrected chi connectivity index (χ0v) is 33.5. The Morgan fingerprint density at radius 2 is 1.57 bits per heavy atom. The van der Waals surface area contributed by atoms with Crippen molar-refractivity contribution < 1.29 is 14.4 Å². The van der Waals surface area contributed by atoms with Crippen LogP contribution in [-0.2, 0) is 16.1 Å². The predicted molar refractivity (Wildman–Crippen MR) is 224 cm³/mol. The van der Waals surface area contributed by atoms with Crippen LogP contribution in [0.4, 0.5) is 17.3 Å². The predicted octanol–water partition coefficient (Wildman–Crippen LogP) is 4.26. The standard InChI is InChI=1S/C43H50N10O4S/c54-38-12-11-37(41(56)46-38)52-25-29-22-33(9-10-36(29)42(52)57)48-18-20-49(21-19-48)34-26-50(27-34)32-6-3-7-35(23-32)58-51-16-14-30(15-17-51)45-43-44-24-28-8-13-39(55)53(40(28)47-43)31-4-1-2-5-31/h3,6-10,13,22-24,30-31,34,37H,1-2,4-5,11-12,14-21,25-27H2,(H,44,45,47)(H,46,54,56). The smallest absolute Gasteiger partial charge is 0.255 e. The third-order valence-corrected chi connectivity index (χ3v) is 14.2. The highest BCUT2D eigenvalue weighted by Crippen LogP contribution is 2.35. The number of hydrogen-bond donors (Lipinski definition) is 2. The fourth-order valence-corrected chi connectivity index (χ4v) is 10.8. The molecule has 2 N–H and O–H groups in total. The van der Waals surface area contributed by atoms with E-state index in [4.69, 9.17) is 4.98 Å². The number of carbonyl (C=O) groups is 3. The van der Waals surface area contributed by atoms with Crippen LogP contribution in [-0.4, -0.2) is 117 Å². The molecule has 0 radical (unpaired) electrons. The number of rotatable bonds is 9. The molecule has 10 rings (SSSR count). The molecule has 4 saturated heterocycles. The quantitative estimate of drug-likeness (QED) is 0.185. The van der Waals surface area contributed by atoms with Gasteiger partial charge in [-0.2, -0.15) is 4.98 Å². The number of amides is 3.